The second-order valence-corrected chi connectivity index (χ2v) is 6.35. The van der Waals surface area contributed by atoms with Crippen LogP contribution in [-0.2, 0) is 13.1 Å². The normalized spacial score (nSPS) is 10.9. The molecule has 2 heterocycles. The largest absolute Gasteiger partial charge is 0.467 e. The van der Waals surface area contributed by atoms with Crippen LogP contribution in [0.5, 0.6) is 0 Å². The van der Waals surface area contributed by atoms with Crippen molar-refractivity contribution in [2.75, 3.05) is 0 Å². The van der Waals surface area contributed by atoms with Crippen molar-refractivity contribution in [2.45, 2.75) is 13.1 Å². The molecule has 0 aliphatic heterocycles. The van der Waals surface area contributed by atoms with Gasteiger partial charge < -0.3 is 13.7 Å². The zero-order valence-corrected chi connectivity index (χ0v) is 14.8. The van der Waals surface area contributed by atoms with E-state index in [1.165, 1.54) is 29.4 Å². The molecule has 4 aromatic rings. The fourth-order valence-corrected chi connectivity index (χ4v) is 2.98. The number of furan rings is 1. The smallest absolute Gasteiger partial charge is 0.349 e. The summed E-state index contributed by atoms with van der Waals surface area (Å²) in [5.74, 6) is -0.274. The molecule has 0 N–H and O–H groups in total. The molecule has 0 aliphatic carbocycles. The zero-order chi connectivity index (χ0) is 19.5. The zero-order valence-electron chi connectivity index (χ0n) is 14.8. The molecule has 1 amide bonds. The van der Waals surface area contributed by atoms with Gasteiger partial charge in [0.1, 0.15) is 22.7 Å². The first-order chi connectivity index (χ1) is 13.6. The van der Waals surface area contributed by atoms with E-state index in [9.17, 15) is 14.0 Å². The molecule has 140 valence electrons. The first-order valence-electron chi connectivity index (χ1n) is 8.69. The Morgan fingerprint density at radius 3 is 2.50 bits per heavy atom. The molecule has 0 fully saturated rings. The standard InChI is InChI=1S/C22H16FNO4/c23-17-9-7-15(8-10-17)13-24(14-18-5-3-11-27-18)21(25)19-12-16-4-1-2-6-20(16)28-22(19)26/h1-12H,13-14H2. The molecule has 0 saturated heterocycles. The van der Waals surface area contributed by atoms with Crippen LogP contribution in [0.1, 0.15) is 21.7 Å². The number of halogens is 1. The fourth-order valence-electron chi connectivity index (χ4n) is 2.98. The number of nitrogens with zero attached hydrogens (tertiary/aromatic N) is 1. The minimum Gasteiger partial charge on any atom is -0.467 e. The second kappa shape index (κ2) is 7.52. The quantitative estimate of drug-likeness (QED) is 0.485. The predicted molar refractivity (Wildman–Crippen MR) is 101 cm³/mol. The molecule has 0 unspecified atom stereocenters. The van der Waals surface area contributed by atoms with Crippen LogP contribution < -0.4 is 5.63 Å². The number of carbonyl (C=O) groups is 1. The van der Waals surface area contributed by atoms with Crippen molar-refractivity contribution in [1.82, 2.24) is 4.90 Å². The highest BCUT2D eigenvalue weighted by molar-refractivity contribution is 5.96. The average Bonchev–Trinajstić information content (AvgIpc) is 3.21. The van der Waals surface area contributed by atoms with E-state index >= 15 is 0 Å². The summed E-state index contributed by atoms with van der Waals surface area (Å²) in [6.07, 6.45) is 1.51. The maximum atomic E-state index is 13.2. The van der Waals surface area contributed by atoms with Gasteiger partial charge in [0.2, 0.25) is 0 Å². The first kappa shape index (κ1) is 17.7. The number of hydrogen-bond acceptors (Lipinski definition) is 4. The monoisotopic (exact) mass is 377 g/mol. The number of fused-ring (bicyclic) bond motifs is 1. The summed E-state index contributed by atoms with van der Waals surface area (Å²) in [5, 5.41) is 0.658. The lowest BCUT2D eigenvalue weighted by Gasteiger charge is -2.21. The summed E-state index contributed by atoms with van der Waals surface area (Å²) in [7, 11) is 0. The molecule has 5 nitrogen and oxygen atoms in total. The predicted octanol–water partition coefficient (Wildman–Crippen LogP) is 4.37. The van der Waals surface area contributed by atoms with E-state index in [1.54, 1.807) is 48.5 Å². The Labute approximate surface area is 159 Å². The Kier molecular flexibility index (Phi) is 4.76. The third-order valence-corrected chi connectivity index (χ3v) is 4.37. The third kappa shape index (κ3) is 3.71. The summed E-state index contributed by atoms with van der Waals surface area (Å²) < 4.78 is 23.8. The van der Waals surface area contributed by atoms with Gasteiger partial charge in [-0.3, -0.25) is 4.79 Å². The molecular weight excluding hydrogens is 361 g/mol. The number of rotatable bonds is 5. The fraction of sp³-hybridized carbons (Fsp3) is 0.0909. The van der Waals surface area contributed by atoms with Crippen LogP contribution >= 0.6 is 0 Å². The van der Waals surface area contributed by atoms with E-state index in [-0.39, 0.29) is 24.5 Å². The number of benzene rings is 2. The number of hydrogen-bond donors (Lipinski definition) is 0. The van der Waals surface area contributed by atoms with E-state index in [0.29, 0.717) is 16.7 Å². The van der Waals surface area contributed by atoms with Crippen LogP contribution in [0.3, 0.4) is 0 Å². The Morgan fingerprint density at radius 2 is 1.75 bits per heavy atom. The van der Waals surface area contributed by atoms with Gasteiger partial charge in [0.15, 0.2) is 0 Å². The van der Waals surface area contributed by atoms with Crippen LogP contribution in [0.25, 0.3) is 11.0 Å². The van der Waals surface area contributed by atoms with Crippen molar-refractivity contribution in [3.05, 3.63) is 106 Å². The Morgan fingerprint density at radius 1 is 0.964 bits per heavy atom. The molecule has 0 bridgehead atoms. The van der Waals surface area contributed by atoms with Gasteiger partial charge in [-0.05, 0) is 42.0 Å². The maximum Gasteiger partial charge on any atom is 0.349 e. The van der Waals surface area contributed by atoms with Gasteiger partial charge in [0.25, 0.3) is 5.91 Å². The maximum absolute atomic E-state index is 13.2. The highest BCUT2D eigenvalue weighted by atomic mass is 19.1. The summed E-state index contributed by atoms with van der Waals surface area (Å²) in [5.41, 5.74) is 0.381. The second-order valence-electron chi connectivity index (χ2n) is 6.35. The lowest BCUT2D eigenvalue weighted by molar-refractivity contribution is 0.0713. The Hall–Kier alpha value is -3.67. The van der Waals surface area contributed by atoms with Crippen molar-refractivity contribution in [3.63, 3.8) is 0 Å². The van der Waals surface area contributed by atoms with E-state index in [4.69, 9.17) is 8.83 Å². The van der Waals surface area contributed by atoms with Gasteiger partial charge in [-0.25, -0.2) is 9.18 Å². The lowest BCUT2D eigenvalue weighted by Crippen LogP contribution is -2.33. The minimum absolute atomic E-state index is 0.0626. The highest BCUT2D eigenvalue weighted by Crippen LogP contribution is 2.17. The molecule has 2 aromatic heterocycles. The van der Waals surface area contributed by atoms with Gasteiger partial charge in [-0.1, -0.05) is 30.3 Å². The third-order valence-electron chi connectivity index (χ3n) is 4.37. The summed E-state index contributed by atoms with van der Waals surface area (Å²) in [6.45, 7) is 0.349. The molecule has 0 saturated carbocycles. The molecule has 0 atom stereocenters. The molecule has 28 heavy (non-hydrogen) atoms. The highest BCUT2D eigenvalue weighted by Gasteiger charge is 2.22. The van der Waals surface area contributed by atoms with Gasteiger partial charge in [-0.2, -0.15) is 0 Å². The van der Waals surface area contributed by atoms with Crippen molar-refractivity contribution in [2.24, 2.45) is 0 Å². The van der Waals surface area contributed by atoms with Crippen molar-refractivity contribution >= 4 is 16.9 Å². The van der Waals surface area contributed by atoms with Crippen LogP contribution in [0.2, 0.25) is 0 Å². The number of carbonyl (C=O) groups excluding carboxylic acids is 1. The SMILES string of the molecule is O=C(c1cc2ccccc2oc1=O)N(Cc1ccc(F)cc1)Cc1ccco1. The molecule has 0 spiro atoms. The topological polar surface area (TPSA) is 63.7 Å². The molecule has 0 radical (unpaired) electrons. The lowest BCUT2D eigenvalue weighted by atomic mass is 10.1. The molecule has 6 heteroatoms. The van der Waals surface area contributed by atoms with E-state index in [0.717, 1.165) is 5.56 Å². The minimum atomic E-state index is -0.702. The summed E-state index contributed by atoms with van der Waals surface area (Å²) in [6, 6.07) is 17.8. The summed E-state index contributed by atoms with van der Waals surface area (Å²) >= 11 is 0. The average molecular weight is 377 g/mol. The van der Waals surface area contributed by atoms with Crippen LogP contribution in [0.4, 0.5) is 4.39 Å². The van der Waals surface area contributed by atoms with E-state index < -0.39 is 11.5 Å². The van der Waals surface area contributed by atoms with Crippen LogP contribution in [-0.4, -0.2) is 10.8 Å². The molecule has 4 rings (SSSR count). The van der Waals surface area contributed by atoms with Gasteiger partial charge in [0, 0.05) is 11.9 Å². The molecular formula is C22H16FNO4. The van der Waals surface area contributed by atoms with Crippen LogP contribution in [0, 0.1) is 5.82 Å². The van der Waals surface area contributed by atoms with Gasteiger partial charge in [0.05, 0.1) is 12.8 Å². The van der Waals surface area contributed by atoms with Gasteiger partial charge in [-0.15, -0.1) is 0 Å². The van der Waals surface area contributed by atoms with Crippen molar-refractivity contribution in [1.29, 1.82) is 0 Å². The Balaban J connectivity index is 1.70. The van der Waals surface area contributed by atoms with Gasteiger partial charge >= 0.3 is 5.63 Å². The van der Waals surface area contributed by atoms with Crippen molar-refractivity contribution in [3.8, 4) is 0 Å². The number of para-hydroxylation sites is 1. The van der Waals surface area contributed by atoms with E-state index in [1.807, 2.05) is 0 Å². The molecule has 0 aliphatic rings. The number of amides is 1. The molecule has 2 aromatic carbocycles. The Bertz CT molecular complexity index is 1160. The van der Waals surface area contributed by atoms with E-state index in [2.05, 4.69) is 0 Å². The van der Waals surface area contributed by atoms with Crippen LogP contribution in [0.15, 0.2) is 86.6 Å². The first-order valence-corrected chi connectivity index (χ1v) is 8.69. The van der Waals surface area contributed by atoms with Crippen molar-refractivity contribution < 1.29 is 18.0 Å². The summed E-state index contributed by atoms with van der Waals surface area (Å²) in [4.78, 5) is 27.0.